The number of hydrogen-bond donors (Lipinski definition) is 0. The number of imidazole rings is 1. The van der Waals surface area contributed by atoms with Gasteiger partial charge in [-0.05, 0) is 115 Å². The van der Waals surface area contributed by atoms with Gasteiger partial charge >= 0.3 is 0 Å². The Balaban J connectivity index is 0.981. The van der Waals surface area contributed by atoms with Gasteiger partial charge in [-0.25, -0.2) is 19.6 Å². The van der Waals surface area contributed by atoms with E-state index in [0.717, 1.165) is 67.5 Å². The Kier molecular flexibility index (Phi) is 19.1. The van der Waals surface area contributed by atoms with Crippen LogP contribution < -0.4 is 18.9 Å². The molecule has 3 heterocycles. The predicted molar refractivity (Wildman–Crippen MR) is 325 cm³/mol. The highest BCUT2D eigenvalue weighted by Gasteiger charge is 2.46. The van der Waals surface area contributed by atoms with Crippen molar-refractivity contribution in [2.75, 3.05) is 41.7 Å². The summed E-state index contributed by atoms with van der Waals surface area (Å²) in [6.07, 6.45) is 2.18. The molecule has 0 radical (unpaired) electrons. The van der Waals surface area contributed by atoms with Gasteiger partial charge < -0.3 is 42.2 Å². The zero-order valence-corrected chi connectivity index (χ0v) is 49.6. The number of nitriles is 1. The molecule has 9 aromatic rings. The molecule has 0 spiro atoms. The zero-order valence-electron chi connectivity index (χ0n) is 48.7. The second kappa shape index (κ2) is 27.1. The number of hydrogen-bond acceptors (Lipinski definition) is 14. The highest BCUT2D eigenvalue weighted by molar-refractivity contribution is 7.44. The van der Waals surface area contributed by atoms with Crippen molar-refractivity contribution >= 4 is 19.7 Å². The molecule has 1 unspecified atom stereocenters. The first-order valence-electron chi connectivity index (χ1n) is 28.2. The molecule has 4 atom stereocenters. The van der Waals surface area contributed by atoms with Crippen LogP contribution in [0.5, 0.6) is 23.0 Å². The lowest BCUT2D eigenvalue weighted by molar-refractivity contribution is -0.0912. The van der Waals surface area contributed by atoms with Gasteiger partial charge in [0.15, 0.2) is 5.65 Å². The first kappa shape index (κ1) is 59.1. The number of benzene rings is 7. The van der Waals surface area contributed by atoms with Crippen molar-refractivity contribution in [2.45, 2.75) is 88.9 Å². The summed E-state index contributed by atoms with van der Waals surface area (Å²) in [6.45, 7) is 9.08. The maximum atomic E-state index is 9.60. The van der Waals surface area contributed by atoms with E-state index < -0.39 is 38.2 Å². The average Bonchev–Trinajstić information content (AvgIpc) is 3.04. The standard InChI is InChI=1S/C68H71N6O9P/c1-47(2)74(48(3)4)84(81-41-15-40-69)83-61-42-63(82-62(61)44-80-68(52-18-13-10-14-19-52,55-28-36-59(77-7)37-29-55)56-30-38-60(78-8)39-31-56)73-46-72-65-64(70-45-71-66(65)73)50-22-20-49(21-23-50)43-79-67(51-16-11-9-12-17-51,53-24-32-57(75-5)33-25-53)54-26-34-58(76-6)35-27-54/h9-14,16-39,45-48,61-63H,15,41-44H2,1-8H3/t61-,62+,63+,84?/m0/s1. The summed E-state index contributed by atoms with van der Waals surface area (Å²) >= 11 is 0. The predicted octanol–water partition coefficient (Wildman–Crippen LogP) is 14.0. The highest BCUT2D eigenvalue weighted by atomic mass is 31.2. The van der Waals surface area contributed by atoms with Crippen LogP contribution in [-0.2, 0) is 41.1 Å². The Bertz CT molecular complexity index is 3460. The number of fused-ring (bicyclic) bond motifs is 1. The first-order chi connectivity index (χ1) is 41.0. The average molecular weight is 1150 g/mol. The van der Waals surface area contributed by atoms with Crippen LogP contribution in [0.2, 0.25) is 0 Å². The molecule has 0 amide bonds. The van der Waals surface area contributed by atoms with Crippen molar-refractivity contribution in [3.05, 3.63) is 234 Å². The number of aromatic nitrogens is 4. The number of nitrogens with zero attached hydrogens (tertiary/aromatic N) is 6. The van der Waals surface area contributed by atoms with Crippen molar-refractivity contribution in [3.63, 3.8) is 0 Å². The molecule has 10 rings (SSSR count). The molecule has 16 heteroatoms. The summed E-state index contributed by atoms with van der Waals surface area (Å²) in [5, 5.41) is 9.60. The molecule has 0 aliphatic carbocycles. The quantitative estimate of drug-likeness (QED) is 0.0287. The number of methoxy groups -OCH3 is 4. The van der Waals surface area contributed by atoms with Gasteiger partial charge in [0.1, 0.15) is 64.1 Å². The van der Waals surface area contributed by atoms with Crippen LogP contribution in [0.3, 0.4) is 0 Å². The zero-order chi connectivity index (χ0) is 58.6. The minimum atomic E-state index is -1.68. The molecule has 0 N–H and O–H groups in total. The Morgan fingerprint density at radius 3 is 1.51 bits per heavy atom. The largest absolute Gasteiger partial charge is 0.497 e. The van der Waals surface area contributed by atoms with Crippen LogP contribution in [0, 0.1) is 11.3 Å². The molecule has 1 fully saturated rings. The third-order valence-electron chi connectivity index (χ3n) is 15.2. The van der Waals surface area contributed by atoms with Crippen molar-refractivity contribution in [1.82, 2.24) is 24.2 Å². The minimum Gasteiger partial charge on any atom is -0.497 e. The summed E-state index contributed by atoms with van der Waals surface area (Å²) < 4.78 is 62.3. The Morgan fingerprint density at radius 2 is 1.06 bits per heavy atom. The molecule has 7 aromatic carbocycles. The molecule has 432 valence electrons. The summed E-state index contributed by atoms with van der Waals surface area (Å²) in [6, 6.07) is 63.0. The van der Waals surface area contributed by atoms with E-state index in [1.165, 1.54) is 0 Å². The number of rotatable bonds is 26. The summed E-state index contributed by atoms with van der Waals surface area (Å²) in [5.41, 5.74) is 7.09. The van der Waals surface area contributed by atoms with Gasteiger partial charge in [-0.1, -0.05) is 133 Å². The van der Waals surface area contributed by atoms with E-state index >= 15 is 0 Å². The van der Waals surface area contributed by atoms with Gasteiger partial charge in [-0.2, -0.15) is 5.26 Å². The maximum Gasteiger partial charge on any atom is 0.259 e. The van der Waals surface area contributed by atoms with E-state index in [-0.39, 0.29) is 38.3 Å². The Hall–Kier alpha value is -8.03. The molecular weight excluding hydrogens is 1080 g/mol. The lowest BCUT2D eigenvalue weighted by Crippen LogP contribution is -2.39. The van der Waals surface area contributed by atoms with Gasteiger partial charge in [0, 0.05) is 24.1 Å². The van der Waals surface area contributed by atoms with Crippen LogP contribution >= 0.6 is 8.53 Å². The van der Waals surface area contributed by atoms with Crippen molar-refractivity contribution in [3.8, 4) is 40.3 Å². The monoisotopic (exact) mass is 1150 g/mol. The third-order valence-corrected chi connectivity index (χ3v) is 17.4. The van der Waals surface area contributed by atoms with E-state index in [1.807, 2.05) is 126 Å². The summed E-state index contributed by atoms with van der Waals surface area (Å²) in [7, 11) is 4.96. The van der Waals surface area contributed by atoms with Crippen LogP contribution in [0.25, 0.3) is 22.4 Å². The Morgan fingerprint density at radius 1 is 0.595 bits per heavy atom. The molecule has 84 heavy (non-hydrogen) atoms. The van der Waals surface area contributed by atoms with E-state index in [4.69, 9.17) is 57.2 Å². The third kappa shape index (κ3) is 12.4. The summed E-state index contributed by atoms with van der Waals surface area (Å²) in [5.74, 6) is 2.93. The first-order valence-corrected chi connectivity index (χ1v) is 29.3. The molecule has 0 bridgehead atoms. The second-order valence-electron chi connectivity index (χ2n) is 20.9. The molecular formula is C68H71N6O9P. The van der Waals surface area contributed by atoms with Gasteiger partial charge in [-0.3, -0.25) is 4.57 Å². The molecule has 1 saturated heterocycles. The van der Waals surface area contributed by atoms with E-state index in [9.17, 15) is 5.26 Å². The van der Waals surface area contributed by atoms with E-state index in [1.54, 1.807) is 41.1 Å². The lowest BCUT2D eigenvalue weighted by atomic mass is 9.80. The van der Waals surface area contributed by atoms with Crippen molar-refractivity contribution in [2.24, 2.45) is 0 Å². The van der Waals surface area contributed by atoms with Crippen LogP contribution in [0.1, 0.15) is 85.7 Å². The second-order valence-corrected chi connectivity index (χ2v) is 22.3. The van der Waals surface area contributed by atoms with Crippen LogP contribution in [0.4, 0.5) is 0 Å². The van der Waals surface area contributed by atoms with Crippen molar-refractivity contribution < 1.29 is 42.2 Å². The minimum absolute atomic E-state index is 0.0674. The smallest absolute Gasteiger partial charge is 0.259 e. The fraction of sp³-hybridized carbons (Fsp3) is 0.294. The van der Waals surface area contributed by atoms with Crippen LogP contribution in [0.15, 0.2) is 195 Å². The highest BCUT2D eigenvalue weighted by Crippen LogP contribution is 2.51. The maximum absolute atomic E-state index is 9.60. The molecule has 2 aromatic heterocycles. The van der Waals surface area contributed by atoms with Crippen LogP contribution in [-0.4, -0.2) is 90.1 Å². The molecule has 0 saturated carbocycles. The van der Waals surface area contributed by atoms with E-state index in [2.05, 4.69) is 99.1 Å². The fourth-order valence-electron chi connectivity index (χ4n) is 11.1. The Labute approximate surface area is 493 Å². The van der Waals surface area contributed by atoms with E-state index in [0.29, 0.717) is 23.3 Å². The molecule has 1 aliphatic heterocycles. The van der Waals surface area contributed by atoms with Gasteiger partial charge in [0.05, 0.1) is 73.2 Å². The van der Waals surface area contributed by atoms with Crippen molar-refractivity contribution in [1.29, 1.82) is 5.26 Å². The summed E-state index contributed by atoms with van der Waals surface area (Å²) in [4.78, 5) is 14.6. The fourth-order valence-corrected chi connectivity index (χ4v) is 12.9. The number of ether oxygens (including phenoxy) is 7. The topological polar surface area (TPSA) is 154 Å². The molecule has 1 aliphatic rings. The van der Waals surface area contributed by atoms with Gasteiger partial charge in [-0.15, -0.1) is 0 Å². The normalized spacial score (nSPS) is 15.8. The molecule has 15 nitrogen and oxygen atoms in total. The van der Waals surface area contributed by atoms with Gasteiger partial charge in [0.2, 0.25) is 0 Å². The SMILES string of the molecule is COc1ccc(C(OCc2ccc(-c3ncnc4c3ncn4[C@H]3C[C@H](OP(OCCC#N)N(C(C)C)C(C)C)[C@@H](COC(c4ccccc4)(c4ccc(OC)cc4)c4ccc(OC)cc4)O3)cc2)(c2ccccc2)c2ccc(OC)cc2)cc1. The lowest BCUT2D eigenvalue weighted by Gasteiger charge is -2.39. The van der Waals surface area contributed by atoms with Gasteiger partial charge in [0.25, 0.3) is 8.53 Å².